The van der Waals surface area contributed by atoms with Crippen LogP contribution < -0.4 is 10.6 Å². The summed E-state index contributed by atoms with van der Waals surface area (Å²) in [4.78, 5) is 52.5. The Kier molecular flexibility index (Phi) is 7.04. The molecule has 34 heavy (non-hydrogen) atoms. The molecule has 0 spiro atoms. The first-order valence-corrected chi connectivity index (χ1v) is 10.1. The molecule has 1 amide bonds. The van der Waals surface area contributed by atoms with Crippen LogP contribution in [0.2, 0.25) is 0 Å². The molecule has 1 aliphatic heterocycles. The maximum Gasteiger partial charge on any atom is 0.375 e. The quantitative estimate of drug-likeness (QED) is 0.307. The van der Waals surface area contributed by atoms with E-state index in [0.29, 0.717) is 17.0 Å². The third-order valence-electron chi connectivity index (χ3n) is 5.00. The number of aromatic nitrogens is 3. The molecular weight excluding hydrogens is 448 g/mol. The van der Waals surface area contributed by atoms with Gasteiger partial charge in [-0.25, -0.2) is 9.59 Å². The molecule has 1 aromatic carbocycles. The van der Waals surface area contributed by atoms with Crippen LogP contribution in [-0.2, 0) is 19.1 Å². The molecule has 1 unspecified atom stereocenters. The molecule has 1 atom stereocenters. The molecule has 0 aliphatic carbocycles. The second-order valence-corrected chi connectivity index (χ2v) is 7.16. The molecule has 3 rings (SSSR count). The predicted octanol–water partition coefficient (Wildman–Crippen LogP) is 1.94. The molecule has 0 bridgehead atoms. The lowest BCUT2D eigenvalue weighted by molar-refractivity contribution is -0.384. The number of esters is 2. The van der Waals surface area contributed by atoms with E-state index in [1.54, 1.807) is 26.8 Å². The fourth-order valence-corrected chi connectivity index (χ4v) is 3.60. The number of ether oxygens (including phenoxy) is 2. The second-order valence-electron chi connectivity index (χ2n) is 7.16. The molecular formula is C21H22N6O7. The molecule has 1 aliphatic rings. The van der Waals surface area contributed by atoms with E-state index in [4.69, 9.17) is 9.47 Å². The summed E-state index contributed by atoms with van der Waals surface area (Å²) in [6.07, 6.45) is 0. The zero-order chi connectivity index (χ0) is 25.0. The van der Waals surface area contributed by atoms with Crippen molar-refractivity contribution in [2.75, 3.05) is 19.0 Å². The molecule has 0 radical (unpaired) electrons. The van der Waals surface area contributed by atoms with Crippen LogP contribution in [0, 0.1) is 10.1 Å². The number of amides is 1. The first-order chi connectivity index (χ1) is 16.2. The second kappa shape index (κ2) is 9.94. The zero-order valence-electron chi connectivity index (χ0n) is 18.8. The molecule has 0 saturated carbocycles. The van der Waals surface area contributed by atoms with Gasteiger partial charge in [-0.2, -0.15) is 4.98 Å². The van der Waals surface area contributed by atoms with E-state index in [1.165, 1.54) is 25.3 Å². The average molecular weight is 470 g/mol. The highest BCUT2D eigenvalue weighted by atomic mass is 16.6. The highest BCUT2D eigenvalue weighted by Crippen LogP contribution is 2.39. The van der Waals surface area contributed by atoms with Crippen LogP contribution in [0.3, 0.4) is 0 Å². The van der Waals surface area contributed by atoms with Gasteiger partial charge in [0.2, 0.25) is 11.8 Å². The summed E-state index contributed by atoms with van der Waals surface area (Å²) in [7, 11) is 1.20. The lowest BCUT2D eigenvalue weighted by atomic mass is 9.80. The van der Waals surface area contributed by atoms with E-state index in [1.807, 2.05) is 0 Å². The number of H-pyrrole nitrogens is 1. The lowest BCUT2D eigenvalue weighted by Crippen LogP contribution is -2.33. The van der Waals surface area contributed by atoms with Crippen LogP contribution >= 0.6 is 0 Å². The summed E-state index contributed by atoms with van der Waals surface area (Å²) in [5.41, 5.74) is 1.17. The third kappa shape index (κ3) is 4.77. The van der Waals surface area contributed by atoms with Gasteiger partial charge in [0.1, 0.15) is 0 Å². The number of carbonyl (C=O) groups excluding carboxylic acids is 3. The normalized spacial score (nSPS) is 15.5. The molecule has 13 nitrogen and oxygen atoms in total. The van der Waals surface area contributed by atoms with Crippen LogP contribution in [0.1, 0.15) is 42.9 Å². The van der Waals surface area contributed by atoms with Gasteiger partial charge in [0.25, 0.3) is 11.6 Å². The van der Waals surface area contributed by atoms with E-state index >= 15 is 0 Å². The highest BCUT2D eigenvalue weighted by Gasteiger charge is 2.38. The topological polar surface area (TPSA) is 178 Å². The third-order valence-corrected chi connectivity index (χ3v) is 5.00. The minimum atomic E-state index is -0.989. The van der Waals surface area contributed by atoms with Gasteiger partial charge < -0.3 is 14.8 Å². The maximum absolute atomic E-state index is 13.3. The number of rotatable bonds is 7. The average Bonchev–Trinajstić information content (AvgIpc) is 3.26. The molecule has 1 aromatic heterocycles. The van der Waals surface area contributed by atoms with E-state index in [-0.39, 0.29) is 35.2 Å². The number of carbonyl (C=O) groups is 3. The van der Waals surface area contributed by atoms with Crippen molar-refractivity contribution in [2.24, 2.45) is 0 Å². The number of dihydropyridines is 1. The first-order valence-electron chi connectivity index (χ1n) is 10.1. The Bertz CT molecular complexity index is 1230. The Morgan fingerprint density at radius 2 is 1.88 bits per heavy atom. The van der Waals surface area contributed by atoms with Gasteiger partial charge in [0.15, 0.2) is 0 Å². The Morgan fingerprint density at radius 1 is 1.18 bits per heavy atom. The van der Waals surface area contributed by atoms with Crippen LogP contribution in [-0.4, -0.2) is 51.7 Å². The molecule has 0 fully saturated rings. The Morgan fingerprint density at radius 3 is 2.53 bits per heavy atom. The highest BCUT2D eigenvalue weighted by molar-refractivity contribution is 6.08. The number of benzene rings is 1. The minimum Gasteiger partial charge on any atom is -0.466 e. The van der Waals surface area contributed by atoms with Gasteiger partial charge in [-0.3, -0.25) is 25.3 Å². The monoisotopic (exact) mass is 470 g/mol. The van der Waals surface area contributed by atoms with Gasteiger partial charge in [-0.1, -0.05) is 12.1 Å². The van der Waals surface area contributed by atoms with Crippen molar-refractivity contribution in [3.05, 3.63) is 68.3 Å². The molecule has 178 valence electrons. The number of aromatic amines is 1. The van der Waals surface area contributed by atoms with Crippen molar-refractivity contribution >= 4 is 29.5 Å². The van der Waals surface area contributed by atoms with Crippen molar-refractivity contribution in [3.8, 4) is 0 Å². The number of nitro groups is 1. The molecule has 13 heteroatoms. The maximum atomic E-state index is 13.3. The SMILES string of the molecule is CCOC(=O)c1nc(NC(=O)C2=C(C)NC(C)=C(C(=O)OC)C2c2cccc([N+](=O)[O-])c2)n[nH]1. The number of hydrogen-bond donors (Lipinski definition) is 3. The fraction of sp³-hybridized carbons (Fsp3) is 0.286. The number of hydrogen-bond acceptors (Lipinski definition) is 10. The van der Waals surface area contributed by atoms with E-state index in [9.17, 15) is 24.5 Å². The Balaban J connectivity index is 2.04. The number of nitro benzene ring substituents is 1. The lowest BCUT2D eigenvalue weighted by Gasteiger charge is -2.30. The van der Waals surface area contributed by atoms with Crippen LogP contribution in [0.15, 0.2) is 46.8 Å². The predicted molar refractivity (Wildman–Crippen MR) is 117 cm³/mol. The fourth-order valence-electron chi connectivity index (χ4n) is 3.60. The zero-order valence-corrected chi connectivity index (χ0v) is 18.8. The minimum absolute atomic E-state index is 0.0917. The van der Waals surface area contributed by atoms with Gasteiger partial charge >= 0.3 is 11.9 Å². The standard InChI is InChI=1S/C21H22N6O7/c1-5-34-20(30)17-23-21(26-25-17)24-18(28)14-10(2)22-11(3)15(19(29)33-4)16(14)12-7-6-8-13(9-12)27(31)32/h6-9,16,22H,5H2,1-4H3,(H2,23,24,25,26,28). The summed E-state index contributed by atoms with van der Waals surface area (Å²) in [5, 5.41) is 23.0. The van der Waals surface area contributed by atoms with Gasteiger partial charge in [-0.15, -0.1) is 5.10 Å². The summed E-state index contributed by atoms with van der Waals surface area (Å²) in [5.74, 6) is -3.53. The molecule has 0 saturated heterocycles. The number of nitrogens with zero attached hydrogens (tertiary/aromatic N) is 3. The van der Waals surface area contributed by atoms with Crippen molar-refractivity contribution < 1.29 is 28.8 Å². The van der Waals surface area contributed by atoms with Crippen LogP contribution in [0.5, 0.6) is 0 Å². The molecule has 2 aromatic rings. The number of anilines is 1. The van der Waals surface area contributed by atoms with Crippen LogP contribution in [0.4, 0.5) is 11.6 Å². The van der Waals surface area contributed by atoms with Crippen molar-refractivity contribution in [1.29, 1.82) is 0 Å². The number of allylic oxidation sites excluding steroid dienone is 2. The number of methoxy groups -OCH3 is 1. The van der Waals surface area contributed by atoms with Gasteiger partial charge in [0, 0.05) is 29.1 Å². The first kappa shape index (κ1) is 24.1. The van der Waals surface area contributed by atoms with Crippen molar-refractivity contribution in [2.45, 2.75) is 26.7 Å². The molecule has 2 heterocycles. The summed E-state index contributed by atoms with van der Waals surface area (Å²) < 4.78 is 9.75. The summed E-state index contributed by atoms with van der Waals surface area (Å²) >= 11 is 0. The number of nitrogens with one attached hydrogen (secondary N) is 3. The van der Waals surface area contributed by atoms with Crippen molar-refractivity contribution in [1.82, 2.24) is 20.5 Å². The van der Waals surface area contributed by atoms with Crippen molar-refractivity contribution in [3.63, 3.8) is 0 Å². The van der Waals surface area contributed by atoms with Crippen LogP contribution in [0.25, 0.3) is 0 Å². The van der Waals surface area contributed by atoms with E-state index in [0.717, 1.165) is 0 Å². The molecule has 3 N–H and O–H groups in total. The number of non-ortho nitro benzene ring substituents is 1. The van der Waals surface area contributed by atoms with Gasteiger partial charge in [0.05, 0.1) is 30.1 Å². The smallest absolute Gasteiger partial charge is 0.375 e. The van der Waals surface area contributed by atoms with E-state index in [2.05, 4.69) is 25.8 Å². The van der Waals surface area contributed by atoms with E-state index < -0.39 is 28.7 Å². The Labute approximate surface area is 193 Å². The van der Waals surface area contributed by atoms with Gasteiger partial charge in [-0.05, 0) is 26.3 Å². The summed E-state index contributed by atoms with van der Waals surface area (Å²) in [6.45, 7) is 5.02. The summed E-state index contributed by atoms with van der Waals surface area (Å²) in [6, 6.07) is 5.63. The largest absolute Gasteiger partial charge is 0.466 e. The Hall–Kier alpha value is -4.55.